The molecule has 0 heterocycles. The first-order valence-electron chi connectivity index (χ1n) is 7.00. The summed E-state index contributed by atoms with van der Waals surface area (Å²) in [6.07, 6.45) is 3.09. The third-order valence-corrected chi connectivity index (χ3v) is 5.87. The van der Waals surface area contributed by atoms with Gasteiger partial charge in [0.15, 0.2) is 0 Å². The second-order valence-corrected chi connectivity index (χ2v) is 7.59. The highest BCUT2D eigenvalue weighted by molar-refractivity contribution is 9.09. The van der Waals surface area contributed by atoms with E-state index in [1.54, 1.807) is 6.92 Å². The molecular formula is C15H24BrNO2S. The molecule has 0 aliphatic rings. The molecule has 20 heavy (non-hydrogen) atoms. The van der Waals surface area contributed by atoms with Crippen LogP contribution in [0.1, 0.15) is 42.0 Å². The van der Waals surface area contributed by atoms with Gasteiger partial charge in [-0.2, -0.15) is 0 Å². The number of sulfonamides is 1. The SMILES string of the molecule is CCNS(=O)(=O)c1c(C)cc(C)c(CCCCBr)c1C. The number of halogens is 1. The van der Waals surface area contributed by atoms with Crippen LogP contribution in [0.3, 0.4) is 0 Å². The van der Waals surface area contributed by atoms with Crippen LogP contribution in [-0.4, -0.2) is 20.3 Å². The van der Waals surface area contributed by atoms with Crippen molar-refractivity contribution in [3.05, 3.63) is 28.3 Å². The maximum absolute atomic E-state index is 12.3. The van der Waals surface area contributed by atoms with Crippen molar-refractivity contribution in [2.24, 2.45) is 0 Å². The number of rotatable bonds is 7. The molecule has 0 fully saturated rings. The van der Waals surface area contributed by atoms with E-state index in [9.17, 15) is 8.42 Å². The average molecular weight is 362 g/mol. The van der Waals surface area contributed by atoms with Gasteiger partial charge in [-0.25, -0.2) is 13.1 Å². The first-order chi connectivity index (χ1) is 9.35. The molecule has 1 aromatic carbocycles. The van der Waals surface area contributed by atoms with E-state index in [-0.39, 0.29) is 0 Å². The molecule has 0 atom stereocenters. The fourth-order valence-corrected chi connectivity index (χ4v) is 4.59. The number of hydrogen-bond acceptors (Lipinski definition) is 2. The average Bonchev–Trinajstić information content (AvgIpc) is 2.32. The van der Waals surface area contributed by atoms with Gasteiger partial charge in [0.2, 0.25) is 10.0 Å². The number of hydrogen-bond donors (Lipinski definition) is 1. The van der Waals surface area contributed by atoms with E-state index >= 15 is 0 Å². The van der Waals surface area contributed by atoms with E-state index in [0.717, 1.165) is 35.7 Å². The van der Waals surface area contributed by atoms with Gasteiger partial charge in [-0.3, -0.25) is 0 Å². The van der Waals surface area contributed by atoms with Crippen LogP contribution in [0.2, 0.25) is 0 Å². The van der Waals surface area contributed by atoms with Crippen LogP contribution in [0.25, 0.3) is 0 Å². The van der Waals surface area contributed by atoms with Crippen molar-refractivity contribution in [3.8, 4) is 0 Å². The second-order valence-electron chi connectivity index (χ2n) is 5.09. The van der Waals surface area contributed by atoms with E-state index < -0.39 is 10.0 Å². The van der Waals surface area contributed by atoms with Crippen molar-refractivity contribution < 1.29 is 8.42 Å². The van der Waals surface area contributed by atoms with Crippen molar-refractivity contribution in [2.75, 3.05) is 11.9 Å². The van der Waals surface area contributed by atoms with E-state index in [1.807, 2.05) is 19.9 Å². The predicted octanol–water partition coefficient (Wildman–Crippen LogP) is 3.63. The zero-order valence-corrected chi connectivity index (χ0v) is 15.1. The molecule has 0 aliphatic heterocycles. The van der Waals surface area contributed by atoms with Crippen molar-refractivity contribution in [3.63, 3.8) is 0 Å². The molecule has 0 aromatic heterocycles. The Bertz CT molecular complexity index is 568. The Morgan fingerprint density at radius 1 is 1.15 bits per heavy atom. The Hall–Kier alpha value is -0.390. The lowest BCUT2D eigenvalue weighted by atomic mass is 9.95. The summed E-state index contributed by atoms with van der Waals surface area (Å²) < 4.78 is 27.3. The quantitative estimate of drug-likeness (QED) is 0.595. The molecule has 0 unspecified atom stereocenters. The molecule has 3 nitrogen and oxygen atoms in total. The van der Waals surface area contributed by atoms with Crippen LogP contribution in [-0.2, 0) is 16.4 Å². The highest BCUT2D eigenvalue weighted by Gasteiger charge is 2.21. The monoisotopic (exact) mass is 361 g/mol. The van der Waals surface area contributed by atoms with Crippen molar-refractivity contribution >= 4 is 26.0 Å². The van der Waals surface area contributed by atoms with Crippen molar-refractivity contribution in [1.29, 1.82) is 0 Å². The number of nitrogens with one attached hydrogen (secondary N) is 1. The third kappa shape index (κ3) is 4.06. The summed E-state index contributed by atoms with van der Waals surface area (Å²) in [6.45, 7) is 8.06. The van der Waals surface area contributed by atoms with E-state index in [1.165, 1.54) is 11.1 Å². The normalized spacial score (nSPS) is 11.8. The number of benzene rings is 1. The summed E-state index contributed by atoms with van der Waals surface area (Å²) in [7, 11) is -3.40. The molecule has 0 spiro atoms. The first-order valence-corrected chi connectivity index (χ1v) is 9.61. The molecular weight excluding hydrogens is 338 g/mol. The minimum Gasteiger partial charge on any atom is -0.211 e. The van der Waals surface area contributed by atoms with Crippen molar-refractivity contribution in [2.45, 2.75) is 51.9 Å². The van der Waals surface area contributed by atoms with Crippen LogP contribution in [0.4, 0.5) is 0 Å². The summed E-state index contributed by atoms with van der Waals surface area (Å²) in [5, 5.41) is 0.986. The molecule has 114 valence electrons. The van der Waals surface area contributed by atoms with E-state index in [4.69, 9.17) is 0 Å². The standard InChI is InChI=1S/C15H24BrNO2S/c1-5-17-20(18,19)15-12(3)10-11(2)14(13(15)4)8-6-7-9-16/h10,17H,5-9H2,1-4H3. The van der Waals surface area contributed by atoms with E-state index in [2.05, 4.69) is 27.6 Å². The molecule has 1 N–H and O–H groups in total. The van der Waals surface area contributed by atoms with Gasteiger partial charge in [-0.1, -0.05) is 28.9 Å². The number of aryl methyl sites for hydroxylation is 2. The van der Waals surface area contributed by atoms with Gasteiger partial charge in [0.25, 0.3) is 0 Å². The van der Waals surface area contributed by atoms with Crippen LogP contribution >= 0.6 is 15.9 Å². The van der Waals surface area contributed by atoms with Crippen LogP contribution in [0, 0.1) is 20.8 Å². The molecule has 0 aliphatic carbocycles. The largest absolute Gasteiger partial charge is 0.241 e. The van der Waals surface area contributed by atoms with Gasteiger partial charge in [-0.15, -0.1) is 0 Å². The van der Waals surface area contributed by atoms with Gasteiger partial charge in [0, 0.05) is 11.9 Å². The Morgan fingerprint density at radius 3 is 2.35 bits per heavy atom. The lowest BCUT2D eigenvalue weighted by Gasteiger charge is -2.17. The topological polar surface area (TPSA) is 46.2 Å². The maximum Gasteiger partial charge on any atom is 0.241 e. The smallest absolute Gasteiger partial charge is 0.211 e. The van der Waals surface area contributed by atoms with Gasteiger partial charge >= 0.3 is 0 Å². The molecule has 0 bridgehead atoms. The molecule has 0 saturated heterocycles. The van der Waals surface area contributed by atoms with Crippen LogP contribution < -0.4 is 4.72 Å². The molecule has 0 saturated carbocycles. The fourth-order valence-electron chi connectivity index (χ4n) is 2.66. The van der Waals surface area contributed by atoms with Crippen LogP contribution in [0.15, 0.2) is 11.0 Å². The zero-order valence-electron chi connectivity index (χ0n) is 12.7. The molecule has 0 amide bonds. The Morgan fingerprint density at radius 2 is 1.80 bits per heavy atom. The van der Waals surface area contributed by atoms with Gasteiger partial charge in [0.05, 0.1) is 4.90 Å². The van der Waals surface area contributed by atoms with Gasteiger partial charge in [-0.05, 0) is 62.3 Å². The van der Waals surface area contributed by atoms with Gasteiger partial charge in [0.1, 0.15) is 0 Å². The lowest BCUT2D eigenvalue weighted by Crippen LogP contribution is -2.25. The predicted molar refractivity (Wildman–Crippen MR) is 88.2 cm³/mol. The summed E-state index contributed by atoms with van der Waals surface area (Å²) in [5.74, 6) is 0. The zero-order chi connectivity index (χ0) is 15.3. The lowest BCUT2D eigenvalue weighted by molar-refractivity contribution is 0.582. The highest BCUT2D eigenvalue weighted by atomic mass is 79.9. The fraction of sp³-hybridized carbons (Fsp3) is 0.600. The van der Waals surface area contributed by atoms with E-state index in [0.29, 0.717) is 11.4 Å². The minimum atomic E-state index is -3.40. The Labute approximate surface area is 131 Å². The molecule has 0 radical (unpaired) electrons. The number of alkyl halides is 1. The molecule has 1 aromatic rings. The number of unbranched alkanes of at least 4 members (excludes halogenated alkanes) is 1. The summed E-state index contributed by atoms with van der Waals surface area (Å²) >= 11 is 3.43. The molecule has 5 heteroatoms. The van der Waals surface area contributed by atoms with Crippen LogP contribution in [0.5, 0.6) is 0 Å². The Kier molecular flexibility index (Phi) is 6.69. The maximum atomic E-state index is 12.3. The Balaban J connectivity index is 3.29. The second kappa shape index (κ2) is 7.57. The third-order valence-electron chi connectivity index (χ3n) is 3.47. The summed E-state index contributed by atoms with van der Waals surface area (Å²) in [6, 6.07) is 1.99. The summed E-state index contributed by atoms with van der Waals surface area (Å²) in [5.41, 5.74) is 4.08. The molecule has 1 rings (SSSR count). The van der Waals surface area contributed by atoms with Crippen molar-refractivity contribution in [1.82, 2.24) is 4.72 Å². The summed E-state index contributed by atoms with van der Waals surface area (Å²) in [4.78, 5) is 0.457. The first kappa shape index (κ1) is 17.7. The highest BCUT2D eigenvalue weighted by Crippen LogP contribution is 2.27. The van der Waals surface area contributed by atoms with Gasteiger partial charge < -0.3 is 0 Å². The minimum absolute atomic E-state index is 0.411.